The third-order valence-corrected chi connectivity index (χ3v) is 12.4. The van der Waals surface area contributed by atoms with Crippen LogP contribution < -0.4 is 4.74 Å². The van der Waals surface area contributed by atoms with E-state index < -0.39 is 5.41 Å². The van der Waals surface area contributed by atoms with Crippen LogP contribution in [-0.4, -0.2) is 9.97 Å². The molecule has 1 spiro atoms. The highest BCUT2D eigenvalue weighted by Gasteiger charge is 2.50. The van der Waals surface area contributed by atoms with E-state index in [1.165, 1.54) is 49.4 Å². The van der Waals surface area contributed by atoms with Crippen molar-refractivity contribution in [2.75, 3.05) is 0 Å². The molecule has 0 amide bonds. The number of fused-ring (bicyclic) bond motifs is 12. The molecule has 3 nitrogen and oxygen atoms in total. The van der Waals surface area contributed by atoms with Crippen molar-refractivity contribution in [3.8, 4) is 56.4 Å². The van der Waals surface area contributed by atoms with E-state index in [4.69, 9.17) is 14.7 Å². The number of ether oxygens (including phenoxy) is 1. The quantitative estimate of drug-likeness (QED) is 0.169. The molecule has 3 heteroatoms. The highest BCUT2D eigenvalue weighted by Crippen LogP contribution is 2.62. The molecule has 0 saturated carbocycles. The van der Waals surface area contributed by atoms with Crippen molar-refractivity contribution < 1.29 is 4.74 Å². The van der Waals surface area contributed by atoms with Crippen molar-refractivity contribution in [1.29, 1.82) is 0 Å². The van der Waals surface area contributed by atoms with Crippen molar-refractivity contribution >= 4 is 27.1 Å². The SMILES string of the molecule is C1=CC(c2cc(-c3ccc4c(ccc5ccccc54)c3)nc(-c3cccc(-c4ccc5c(c4)Oc4ccccc4C54c5ccccc5-c5ccccc54)c3)n2)=CCC1. The Morgan fingerprint density at radius 3 is 1.95 bits per heavy atom. The molecular formula is C55H36N2O. The molecule has 0 bridgehead atoms. The van der Waals surface area contributed by atoms with E-state index in [1.54, 1.807) is 0 Å². The topological polar surface area (TPSA) is 35.0 Å². The fraction of sp³-hybridized carbons (Fsp3) is 0.0545. The maximum atomic E-state index is 6.84. The highest BCUT2D eigenvalue weighted by molar-refractivity contribution is 6.08. The normalized spacial score (nSPS) is 14.4. The van der Waals surface area contributed by atoms with Crippen LogP contribution in [0.2, 0.25) is 0 Å². The Bertz CT molecular complexity index is 3180. The molecule has 0 saturated heterocycles. The smallest absolute Gasteiger partial charge is 0.160 e. The van der Waals surface area contributed by atoms with Gasteiger partial charge in [-0.1, -0.05) is 164 Å². The molecule has 58 heavy (non-hydrogen) atoms. The van der Waals surface area contributed by atoms with Gasteiger partial charge in [0.2, 0.25) is 0 Å². The molecule has 9 aromatic rings. The number of hydrogen-bond acceptors (Lipinski definition) is 3. The Morgan fingerprint density at radius 1 is 0.431 bits per heavy atom. The van der Waals surface area contributed by atoms with Crippen molar-refractivity contribution in [1.82, 2.24) is 9.97 Å². The lowest BCUT2D eigenvalue weighted by atomic mass is 9.66. The van der Waals surface area contributed by atoms with Gasteiger partial charge in [0.15, 0.2) is 5.82 Å². The molecule has 0 fully saturated rings. The molecule has 0 atom stereocenters. The number of rotatable bonds is 4. The third kappa shape index (κ3) is 4.93. The van der Waals surface area contributed by atoms with Gasteiger partial charge in [-0.15, -0.1) is 0 Å². The summed E-state index contributed by atoms with van der Waals surface area (Å²) >= 11 is 0. The van der Waals surface area contributed by atoms with E-state index in [2.05, 4.69) is 194 Å². The van der Waals surface area contributed by atoms with Gasteiger partial charge in [-0.2, -0.15) is 0 Å². The predicted molar refractivity (Wildman–Crippen MR) is 237 cm³/mol. The monoisotopic (exact) mass is 740 g/mol. The minimum absolute atomic E-state index is 0.486. The molecule has 2 aliphatic carbocycles. The number of hydrogen-bond donors (Lipinski definition) is 0. The van der Waals surface area contributed by atoms with Crippen LogP contribution in [0, 0.1) is 0 Å². The minimum atomic E-state index is -0.486. The lowest BCUT2D eigenvalue weighted by molar-refractivity contribution is 0.436. The van der Waals surface area contributed by atoms with Crippen LogP contribution in [0.4, 0.5) is 0 Å². The fourth-order valence-corrected chi connectivity index (χ4v) is 9.73. The van der Waals surface area contributed by atoms with Gasteiger partial charge in [0.25, 0.3) is 0 Å². The summed E-state index contributed by atoms with van der Waals surface area (Å²) in [5.41, 5.74) is 14.1. The number of allylic oxidation sites excluding steroid dienone is 4. The summed E-state index contributed by atoms with van der Waals surface area (Å²) in [6.07, 6.45) is 8.77. The molecule has 1 aromatic heterocycles. The van der Waals surface area contributed by atoms with Crippen molar-refractivity contribution in [2.24, 2.45) is 0 Å². The van der Waals surface area contributed by atoms with Gasteiger partial charge in [0, 0.05) is 22.3 Å². The second-order valence-electron chi connectivity index (χ2n) is 15.6. The molecule has 272 valence electrons. The Labute approximate surface area is 337 Å². The summed E-state index contributed by atoms with van der Waals surface area (Å²) < 4.78 is 6.84. The molecule has 1 aliphatic heterocycles. The molecule has 0 radical (unpaired) electrons. The minimum Gasteiger partial charge on any atom is -0.457 e. The molecule has 8 aromatic carbocycles. The lowest BCUT2D eigenvalue weighted by Crippen LogP contribution is -2.32. The van der Waals surface area contributed by atoms with Crippen molar-refractivity contribution in [2.45, 2.75) is 18.3 Å². The zero-order chi connectivity index (χ0) is 38.2. The largest absolute Gasteiger partial charge is 0.457 e. The Hall–Kier alpha value is -7.36. The van der Waals surface area contributed by atoms with Gasteiger partial charge >= 0.3 is 0 Å². The van der Waals surface area contributed by atoms with E-state index in [1.807, 2.05) is 0 Å². The van der Waals surface area contributed by atoms with Gasteiger partial charge in [-0.25, -0.2) is 9.97 Å². The third-order valence-electron chi connectivity index (χ3n) is 12.4. The fourth-order valence-electron chi connectivity index (χ4n) is 9.73. The van der Waals surface area contributed by atoms with Crippen LogP contribution in [0.5, 0.6) is 11.5 Å². The highest BCUT2D eigenvalue weighted by atomic mass is 16.5. The zero-order valence-corrected chi connectivity index (χ0v) is 31.7. The van der Waals surface area contributed by atoms with E-state index >= 15 is 0 Å². The standard InChI is InChI=1S/C55H36N2O/c1-2-14-36(15-3-1)50-34-51(40-27-29-43-39(32-40)26-25-35-13-4-5-18-42(35)43)57-54(56-50)41-17-12-16-37(31-41)38-28-30-49-53(33-38)58-52-24-11-10-23-48(52)55(49)46-21-8-6-19-44(46)45-20-7-9-22-47(45)55/h2,4-34H,1,3H2. The predicted octanol–water partition coefficient (Wildman–Crippen LogP) is 14.0. The number of aromatic nitrogens is 2. The second kappa shape index (κ2) is 12.8. The molecule has 0 N–H and O–H groups in total. The maximum Gasteiger partial charge on any atom is 0.160 e. The summed E-state index contributed by atoms with van der Waals surface area (Å²) in [5, 5.41) is 4.94. The Balaban J connectivity index is 0.986. The van der Waals surface area contributed by atoms with Crippen LogP contribution in [0.15, 0.2) is 194 Å². The summed E-state index contributed by atoms with van der Waals surface area (Å²) in [7, 11) is 0. The molecule has 12 rings (SSSR count). The maximum absolute atomic E-state index is 6.84. The van der Waals surface area contributed by atoms with E-state index in [9.17, 15) is 0 Å². The van der Waals surface area contributed by atoms with E-state index in [-0.39, 0.29) is 0 Å². The second-order valence-corrected chi connectivity index (χ2v) is 15.6. The van der Waals surface area contributed by atoms with Gasteiger partial charge in [0.05, 0.1) is 16.8 Å². The van der Waals surface area contributed by atoms with E-state index in [0.29, 0.717) is 5.82 Å². The van der Waals surface area contributed by atoms with Crippen molar-refractivity contribution in [3.63, 3.8) is 0 Å². The zero-order valence-electron chi connectivity index (χ0n) is 31.7. The van der Waals surface area contributed by atoms with Gasteiger partial charge in [-0.3, -0.25) is 0 Å². The first kappa shape index (κ1) is 32.8. The van der Waals surface area contributed by atoms with Gasteiger partial charge < -0.3 is 4.74 Å². The Kier molecular flexibility index (Phi) is 7.27. The first-order valence-electron chi connectivity index (χ1n) is 20.1. The number of nitrogens with zero attached hydrogens (tertiary/aromatic N) is 2. The van der Waals surface area contributed by atoms with Gasteiger partial charge in [0.1, 0.15) is 11.5 Å². The van der Waals surface area contributed by atoms with Crippen LogP contribution in [0.25, 0.3) is 72.0 Å². The molecule has 2 heterocycles. The summed E-state index contributed by atoms with van der Waals surface area (Å²) in [5.74, 6) is 2.46. The number of para-hydroxylation sites is 1. The number of benzene rings is 8. The summed E-state index contributed by atoms with van der Waals surface area (Å²) in [6, 6.07) is 63.5. The van der Waals surface area contributed by atoms with Crippen LogP contribution in [0.1, 0.15) is 40.8 Å². The average Bonchev–Trinajstić information content (AvgIpc) is 3.59. The van der Waals surface area contributed by atoms with Crippen LogP contribution in [0.3, 0.4) is 0 Å². The summed E-state index contributed by atoms with van der Waals surface area (Å²) in [6.45, 7) is 0. The summed E-state index contributed by atoms with van der Waals surface area (Å²) in [4.78, 5) is 10.5. The van der Waals surface area contributed by atoms with Gasteiger partial charge in [-0.05, 0) is 104 Å². The van der Waals surface area contributed by atoms with Crippen LogP contribution in [-0.2, 0) is 5.41 Å². The Morgan fingerprint density at radius 2 is 1.10 bits per heavy atom. The molecular weight excluding hydrogens is 705 g/mol. The first-order valence-corrected chi connectivity index (χ1v) is 20.1. The first-order chi connectivity index (χ1) is 28.7. The molecule has 3 aliphatic rings. The van der Waals surface area contributed by atoms with Crippen molar-refractivity contribution in [3.05, 3.63) is 222 Å². The average molecular weight is 741 g/mol. The molecule has 0 unspecified atom stereocenters. The van der Waals surface area contributed by atoms with E-state index in [0.717, 1.165) is 69.1 Å². The van der Waals surface area contributed by atoms with Crippen LogP contribution >= 0.6 is 0 Å². The lowest BCUT2D eigenvalue weighted by Gasteiger charge is -2.39.